The van der Waals surface area contributed by atoms with E-state index in [4.69, 9.17) is 25.1 Å². The van der Waals surface area contributed by atoms with Crippen LogP contribution in [0.4, 0.5) is 23.4 Å². The van der Waals surface area contributed by atoms with E-state index in [-0.39, 0.29) is 17.4 Å². The number of likely N-dealkylation sites (tertiary alicyclic amines) is 1. The van der Waals surface area contributed by atoms with Gasteiger partial charge in [0.1, 0.15) is 23.1 Å². The number of carboxylic acids is 1. The number of carbonyl (C=O) groups excluding carboxylic acids is 1. The summed E-state index contributed by atoms with van der Waals surface area (Å²) in [6, 6.07) is 6.14. The average Bonchev–Trinajstić information content (AvgIpc) is 2.82. The summed E-state index contributed by atoms with van der Waals surface area (Å²) in [6.07, 6.45) is -0.989. The van der Waals surface area contributed by atoms with Gasteiger partial charge in [0.05, 0.1) is 19.3 Å². The fourth-order valence-electron chi connectivity index (χ4n) is 3.49. The molecule has 1 amide bonds. The maximum Gasteiger partial charge on any atom is 0.490 e. The molecule has 0 atom stereocenters. The Morgan fingerprint density at radius 3 is 2.37 bits per heavy atom. The van der Waals surface area contributed by atoms with E-state index < -0.39 is 18.0 Å². The zero-order valence-electron chi connectivity index (χ0n) is 19.3. The van der Waals surface area contributed by atoms with Crippen molar-refractivity contribution in [3.63, 3.8) is 0 Å². The van der Waals surface area contributed by atoms with Crippen molar-refractivity contribution in [3.05, 3.63) is 47.4 Å². The van der Waals surface area contributed by atoms with Crippen LogP contribution in [0.15, 0.2) is 30.5 Å². The predicted octanol–water partition coefficient (Wildman–Crippen LogP) is 4.25. The van der Waals surface area contributed by atoms with Crippen molar-refractivity contribution >= 4 is 17.7 Å². The second-order valence-electron chi connectivity index (χ2n) is 7.71. The van der Waals surface area contributed by atoms with E-state index in [1.54, 1.807) is 30.3 Å². The molecule has 1 fully saturated rings. The number of amides is 1. The van der Waals surface area contributed by atoms with E-state index in [2.05, 4.69) is 4.98 Å². The quantitative estimate of drug-likeness (QED) is 0.569. The van der Waals surface area contributed by atoms with Crippen molar-refractivity contribution in [2.45, 2.75) is 38.3 Å². The Labute approximate surface area is 199 Å². The van der Waals surface area contributed by atoms with E-state index in [9.17, 15) is 22.4 Å². The summed E-state index contributed by atoms with van der Waals surface area (Å²) in [5, 5.41) is 7.12. The number of nitrogen functional groups attached to an aromatic ring is 1. The van der Waals surface area contributed by atoms with Gasteiger partial charge in [0.25, 0.3) is 5.91 Å². The molecule has 0 radical (unpaired) electrons. The van der Waals surface area contributed by atoms with Gasteiger partial charge in [0.15, 0.2) is 0 Å². The highest BCUT2D eigenvalue weighted by Gasteiger charge is 2.38. The zero-order chi connectivity index (χ0) is 26.2. The number of nitrogens with two attached hydrogens (primary N) is 1. The summed E-state index contributed by atoms with van der Waals surface area (Å²) < 4.78 is 57.0. The number of alkyl halides is 3. The maximum absolute atomic E-state index is 14.4. The highest BCUT2D eigenvalue weighted by atomic mass is 19.4. The predicted molar refractivity (Wildman–Crippen MR) is 119 cm³/mol. The zero-order valence-corrected chi connectivity index (χ0v) is 19.3. The first kappa shape index (κ1) is 27.7. The number of ether oxygens (including phenoxy) is 2. The number of piperidine rings is 1. The van der Waals surface area contributed by atoms with Gasteiger partial charge in [-0.3, -0.25) is 4.79 Å². The standard InChI is InChI=1S/C21H26FN3O3.C2HF3O2/c1-3-10-28-15-4-5-16(18(22)11-15)21(26)25-8-6-14(7-9-25)17-13-24-20(23)12-19(17)27-2;3-2(4,5)1(6)7/h4-5,11-14H,3,6-10H2,1-2H3,(H2,23,24);(H,6,7). The Bertz CT molecular complexity index is 1020. The molecule has 1 aromatic heterocycles. The first-order chi connectivity index (χ1) is 16.5. The number of carbonyl (C=O) groups is 2. The SMILES string of the molecule is CCCOc1ccc(C(=O)N2CCC(c3cnc(N)cc3OC)CC2)c(F)c1.O=C(O)C(F)(F)F. The summed E-state index contributed by atoms with van der Waals surface area (Å²) in [6.45, 7) is 3.59. The number of anilines is 1. The van der Waals surface area contributed by atoms with Crippen LogP contribution in [0.25, 0.3) is 0 Å². The molecule has 2 aromatic rings. The van der Waals surface area contributed by atoms with Crippen LogP contribution in [0.2, 0.25) is 0 Å². The molecule has 0 spiro atoms. The summed E-state index contributed by atoms with van der Waals surface area (Å²) in [7, 11) is 1.60. The third-order valence-electron chi connectivity index (χ3n) is 5.24. The van der Waals surface area contributed by atoms with Gasteiger partial charge in [-0.1, -0.05) is 6.92 Å². The molecule has 12 heteroatoms. The van der Waals surface area contributed by atoms with E-state index in [0.29, 0.717) is 37.0 Å². The highest BCUT2D eigenvalue weighted by Crippen LogP contribution is 2.35. The number of aromatic nitrogens is 1. The molecular formula is C23H27F4N3O5. The number of benzene rings is 1. The molecule has 8 nitrogen and oxygen atoms in total. The largest absolute Gasteiger partial charge is 0.496 e. The van der Waals surface area contributed by atoms with Gasteiger partial charge in [-0.2, -0.15) is 13.2 Å². The van der Waals surface area contributed by atoms with Crippen LogP contribution in [0.5, 0.6) is 11.5 Å². The smallest absolute Gasteiger partial charge is 0.490 e. The molecule has 35 heavy (non-hydrogen) atoms. The van der Waals surface area contributed by atoms with Gasteiger partial charge < -0.3 is 25.2 Å². The number of methoxy groups -OCH3 is 1. The van der Waals surface area contributed by atoms with Gasteiger partial charge in [0, 0.05) is 37.0 Å². The third kappa shape index (κ3) is 7.72. The lowest BCUT2D eigenvalue weighted by Gasteiger charge is -2.32. The summed E-state index contributed by atoms with van der Waals surface area (Å²) in [5.74, 6) is -1.81. The second-order valence-corrected chi connectivity index (χ2v) is 7.71. The van der Waals surface area contributed by atoms with Crippen LogP contribution in [0.1, 0.15) is 48.0 Å². The average molecular weight is 501 g/mol. The number of nitrogens with zero attached hydrogens (tertiary/aromatic N) is 2. The van der Waals surface area contributed by atoms with Crippen molar-refractivity contribution in [1.82, 2.24) is 9.88 Å². The number of halogens is 4. The molecular weight excluding hydrogens is 474 g/mol. The molecule has 0 aliphatic carbocycles. The maximum atomic E-state index is 14.4. The molecule has 192 valence electrons. The monoisotopic (exact) mass is 501 g/mol. The van der Waals surface area contributed by atoms with Gasteiger partial charge in [-0.25, -0.2) is 14.2 Å². The molecule has 1 aromatic carbocycles. The molecule has 3 rings (SSSR count). The molecule has 0 saturated carbocycles. The Morgan fingerprint density at radius 1 is 1.23 bits per heavy atom. The minimum atomic E-state index is -5.08. The second kappa shape index (κ2) is 12.2. The van der Waals surface area contributed by atoms with Gasteiger partial charge in [-0.05, 0) is 37.3 Å². The molecule has 1 aliphatic heterocycles. The first-order valence-electron chi connectivity index (χ1n) is 10.8. The van der Waals surface area contributed by atoms with E-state index >= 15 is 0 Å². The lowest BCUT2D eigenvalue weighted by atomic mass is 9.89. The van der Waals surface area contributed by atoms with Gasteiger partial charge in [0.2, 0.25) is 0 Å². The van der Waals surface area contributed by atoms with Crippen molar-refractivity contribution in [2.24, 2.45) is 0 Å². The Kier molecular flexibility index (Phi) is 9.67. The van der Waals surface area contributed by atoms with Crippen LogP contribution in [-0.2, 0) is 4.79 Å². The molecule has 0 bridgehead atoms. The molecule has 0 unspecified atom stereocenters. The molecule has 1 saturated heterocycles. The van der Waals surface area contributed by atoms with Crippen molar-refractivity contribution in [1.29, 1.82) is 0 Å². The Balaban J connectivity index is 0.000000540. The van der Waals surface area contributed by atoms with Crippen LogP contribution in [-0.4, -0.2) is 59.8 Å². The van der Waals surface area contributed by atoms with Crippen LogP contribution >= 0.6 is 0 Å². The minimum absolute atomic E-state index is 0.0778. The Morgan fingerprint density at radius 2 is 1.86 bits per heavy atom. The number of hydrogen-bond donors (Lipinski definition) is 2. The van der Waals surface area contributed by atoms with Gasteiger partial charge in [-0.15, -0.1) is 0 Å². The number of aliphatic carboxylic acids is 1. The summed E-state index contributed by atoms with van der Waals surface area (Å²) in [4.78, 5) is 27.5. The van der Waals surface area contributed by atoms with Crippen LogP contribution in [0.3, 0.4) is 0 Å². The fourth-order valence-corrected chi connectivity index (χ4v) is 3.49. The normalized spacial score (nSPS) is 14.1. The number of hydrogen-bond acceptors (Lipinski definition) is 6. The number of rotatable bonds is 6. The van der Waals surface area contributed by atoms with E-state index in [0.717, 1.165) is 24.8 Å². The van der Waals surface area contributed by atoms with Crippen molar-refractivity contribution in [3.8, 4) is 11.5 Å². The van der Waals surface area contributed by atoms with E-state index in [1.165, 1.54) is 12.1 Å². The number of carboxylic acid groups (broad SMARTS) is 1. The first-order valence-corrected chi connectivity index (χ1v) is 10.8. The van der Waals surface area contributed by atoms with Crippen molar-refractivity contribution in [2.75, 3.05) is 32.5 Å². The number of pyridine rings is 1. The lowest BCUT2D eigenvalue weighted by Crippen LogP contribution is -2.38. The summed E-state index contributed by atoms with van der Waals surface area (Å²) in [5.41, 5.74) is 6.79. The lowest BCUT2D eigenvalue weighted by molar-refractivity contribution is -0.192. The fraction of sp³-hybridized carbons (Fsp3) is 0.435. The minimum Gasteiger partial charge on any atom is -0.496 e. The topological polar surface area (TPSA) is 115 Å². The van der Waals surface area contributed by atoms with E-state index in [1.807, 2.05) is 6.92 Å². The molecule has 2 heterocycles. The Hall–Kier alpha value is -3.57. The highest BCUT2D eigenvalue weighted by molar-refractivity contribution is 5.94. The van der Waals surface area contributed by atoms with Crippen molar-refractivity contribution < 1.29 is 41.7 Å². The van der Waals surface area contributed by atoms with Crippen LogP contribution < -0.4 is 15.2 Å². The molecule has 1 aliphatic rings. The van der Waals surface area contributed by atoms with Crippen LogP contribution in [0, 0.1) is 5.82 Å². The summed E-state index contributed by atoms with van der Waals surface area (Å²) >= 11 is 0. The third-order valence-corrected chi connectivity index (χ3v) is 5.24. The molecule has 3 N–H and O–H groups in total. The van der Waals surface area contributed by atoms with Gasteiger partial charge >= 0.3 is 12.1 Å².